The molecule has 0 atom stereocenters. The second kappa shape index (κ2) is 22.0. The minimum atomic E-state index is -0.517. The van der Waals surface area contributed by atoms with Crippen LogP contribution in [0, 0.1) is 0 Å². The predicted octanol–water partition coefficient (Wildman–Crippen LogP) is 10.4. The Kier molecular flexibility index (Phi) is 15.7. The summed E-state index contributed by atoms with van der Waals surface area (Å²) < 4.78 is 20.5. The van der Waals surface area contributed by atoms with Gasteiger partial charge in [0.05, 0.1) is 22.3 Å². The van der Waals surface area contributed by atoms with Crippen molar-refractivity contribution in [3.05, 3.63) is 123 Å². The van der Waals surface area contributed by atoms with Gasteiger partial charge in [-0.15, -0.1) is 0 Å². The number of para-hydroxylation sites is 2. The summed E-state index contributed by atoms with van der Waals surface area (Å²) in [6.45, 7) is 19.3. The number of hydrogen-bond donors (Lipinski definition) is 4. The maximum absolute atomic E-state index is 12.8. The first kappa shape index (κ1) is 52.7. The van der Waals surface area contributed by atoms with Gasteiger partial charge in [-0.05, 0) is 148 Å². The molecule has 5 amide bonds. The number of fused-ring (bicyclic) bond motifs is 6. The molecule has 11 rings (SSSR count). The third kappa shape index (κ3) is 12.0. The first-order valence-corrected chi connectivity index (χ1v) is 26.5. The summed E-state index contributed by atoms with van der Waals surface area (Å²) in [4.78, 5) is 51.9. The zero-order valence-electron chi connectivity index (χ0n) is 42.9. The van der Waals surface area contributed by atoms with Gasteiger partial charge in [-0.1, -0.05) is 48.6 Å². The van der Waals surface area contributed by atoms with E-state index in [1.165, 1.54) is 16.6 Å². The first-order chi connectivity index (χ1) is 35.3. The third-order valence-corrected chi connectivity index (χ3v) is 15.3. The summed E-state index contributed by atoms with van der Waals surface area (Å²) in [6.07, 6.45) is 10.8. The summed E-state index contributed by atoms with van der Waals surface area (Å²) in [5.74, 6) is 0. The smallest absolute Gasteiger partial charge is 0.444 e. The molecule has 4 N–H and O–H groups in total. The topological polar surface area (TPSA) is 199 Å². The molecule has 5 aliphatic rings. The lowest BCUT2D eigenvalue weighted by atomic mass is 9.75. The molecule has 0 unspecified atom stereocenters. The van der Waals surface area contributed by atoms with Gasteiger partial charge in [0.15, 0.2) is 11.3 Å². The molecule has 5 aliphatic heterocycles. The van der Waals surface area contributed by atoms with Crippen molar-refractivity contribution in [2.75, 3.05) is 49.9 Å². The minimum Gasteiger partial charge on any atom is -0.444 e. The fourth-order valence-corrected chi connectivity index (χ4v) is 10.2. The molecule has 0 bridgehead atoms. The van der Waals surface area contributed by atoms with Crippen LogP contribution in [-0.4, -0.2) is 130 Å². The molecule has 2 aromatic carbocycles. The van der Waals surface area contributed by atoms with Crippen molar-refractivity contribution in [2.45, 2.75) is 104 Å². The Bertz CT molecular complexity index is 3070. The number of aromatic nitrogens is 6. The summed E-state index contributed by atoms with van der Waals surface area (Å²) in [5.41, 5.74) is 9.80. The maximum Gasteiger partial charge on any atom is 0.490 e. The highest BCUT2D eigenvalue weighted by Gasteiger charge is 2.52. The summed E-state index contributed by atoms with van der Waals surface area (Å²) >= 11 is 6.96. The number of nitrogens with one attached hydrogen (secondary N) is 4. The standard InChI is InChI=1S/C26H30N6O3.C16H14BrN5O.C11H19BBrNO2/c1-26(2,3)35-25(34)31-12-9-17(10-13-31)22-21-20-11-14-32(16-18(20)15-27-23(21)30-29-22)24(33)28-19-7-5-4-6-8-19;17-14-13-12-6-7-22(9-10(12)8-18-15(13)21-20-14)16(23)19-11-4-2-1-3-5-11;1-10(2)11(3,4)16-12(15-10)9-5-7-14(13)8-6-9/h4-9,15H,10-14,16H2,1-3H3,(H,28,33)(H,27,29,30);1-5,8H,6-7,9H2,(H,19,23)(H,18,20,21);5H,6-8H2,1-4H3. The monoisotopic (exact) mass is 1130 g/mol. The first-order valence-electron chi connectivity index (χ1n) is 25.0. The quantitative estimate of drug-likeness (QED) is 0.0968. The Balaban J connectivity index is 0.000000148. The molecule has 0 saturated carbocycles. The largest absolute Gasteiger partial charge is 0.490 e. The molecule has 0 radical (unpaired) electrons. The highest BCUT2D eigenvalue weighted by atomic mass is 79.9. The van der Waals surface area contributed by atoms with Crippen molar-refractivity contribution in [2.24, 2.45) is 0 Å². The molecule has 0 spiro atoms. The van der Waals surface area contributed by atoms with Gasteiger partial charge < -0.3 is 39.4 Å². The predicted molar refractivity (Wildman–Crippen MR) is 294 cm³/mol. The van der Waals surface area contributed by atoms with Gasteiger partial charge in [-0.25, -0.2) is 28.3 Å². The van der Waals surface area contributed by atoms with Crippen molar-refractivity contribution < 1.29 is 28.4 Å². The van der Waals surface area contributed by atoms with Crippen LogP contribution in [0.15, 0.2) is 95.3 Å². The molecule has 1 saturated heterocycles. The molecular weight excluding hydrogens is 1070 g/mol. The lowest BCUT2D eigenvalue weighted by molar-refractivity contribution is 0.00578. The number of anilines is 2. The Labute approximate surface area is 448 Å². The van der Waals surface area contributed by atoms with E-state index < -0.39 is 5.60 Å². The van der Waals surface area contributed by atoms with Crippen LogP contribution in [0.4, 0.5) is 25.8 Å². The molecule has 388 valence electrons. The molecule has 6 aromatic rings. The van der Waals surface area contributed by atoms with Crippen LogP contribution in [0.25, 0.3) is 27.6 Å². The number of urea groups is 2. The zero-order chi connectivity index (χ0) is 52.4. The number of aromatic amines is 2. The third-order valence-electron chi connectivity index (χ3n) is 14.1. The van der Waals surface area contributed by atoms with E-state index in [2.05, 4.69) is 117 Å². The van der Waals surface area contributed by atoms with Gasteiger partial charge in [0.25, 0.3) is 0 Å². The van der Waals surface area contributed by atoms with Crippen molar-refractivity contribution in [1.29, 1.82) is 0 Å². The number of amides is 5. The molecule has 74 heavy (non-hydrogen) atoms. The average Bonchev–Trinajstić information content (AvgIpc) is 4.06. The van der Waals surface area contributed by atoms with Gasteiger partial charge in [0.2, 0.25) is 0 Å². The number of carbonyl (C=O) groups excluding carboxylic acids is 3. The number of H-pyrrole nitrogens is 2. The normalized spacial score (nSPS) is 18.2. The van der Waals surface area contributed by atoms with E-state index in [0.29, 0.717) is 57.0 Å². The van der Waals surface area contributed by atoms with Crippen LogP contribution in [0.3, 0.4) is 0 Å². The highest BCUT2D eigenvalue weighted by Crippen LogP contribution is 2.40. The van der Waals surface area contributed by atoms with Crippen LogP contribution < -0.4 is 10.6 Å². The summed E-state index contributed by atoms with van der Waals surface area (Å²) in [7, 11) is -0.161. The molecule has 1 fully saturated rings. The number of nitrogens with zero attached hydrogens (tertiary/aromatic N) is 8. The Morgan fingerprint density at radius 1 is 0.689 bits per heavy atom. The van der Waals surface area contributed by atoms with Crippen LogP contribution in [-0.2, 0) is 40.0 Å². The molecular formula is C53H63BBr2N12O6. The van der Waals surface area contributed by atoms with Crippen molar-refractivity contribution >= 4 is 96.4 Å². The van der Waals surface area contributed by atoms with Crippen molar-refractivity contribution in [3.8, 4) is 0 Å². The lowest BCUT2D eigenvalue weighted by Crippen LogP contribution is -2.41. The van der Waals surface area contributed by atoms with Gasteiger partial charge in [0.1, 0.15) is 10.2 Å². The Morgan fingerprint density at radius 3 is 1.73 bits per heavy atom. The van der Waals surface area contributed by atoms with E-state index in [1.807, 2.05) is 93.8 Å². The average molecular weight is 1130 g/mol. The molecule has 4 aromatic heterocycles. The number of carbonyl (C=O) groups is 3. The van der Waals surface area contributed by atoms with Gasteiger partial charge >= 0.3 is 25.3 Å². The van der Waals surface area contributed by atoms with Gasteiger partial charge in [-0.2, -0.15) is 10.2 Å². The zero-order valence-corrected chi connectivity index (χ0v) is 46.1. The van der Waals surface area contributed by atoms with Crippen LogP contribution >= 0.6 is 32.1 Å². The maximum atomic E-state index is 12.8. The van der Waals surface area contributed by atoms with E-state index >= 15 is 0 Å². The number of ether oxygens (including phenoxy) is 1. The number of hydrogen-bond acceptors (Lipinski definition) is 11. The Morgan fingerprint density at radius 2 is 1.22 bits per heavy atom. The lowest BCUT2D eigenvalue weighted by Gasteiger charge is -2.32. The fraction of sp³-hybridized carbons (Fsp3) is 0.415. The van der Waals surface area contributed by atoms with E-state index in [4.69, 9.17) is 14.0 Å². The van der Waals surface area contributed by atoms with E-state index in [-0.39, 0.29) is 36.5 Å². The summed E-state index contributed by atoms with van der Waals surface area (Å²) in [6, 6.07) is 18.7. The van der Waals surface area contributed by atoms with Crippen molar-refractivity contribution in [1.82, 2.24) is 49.0 Å². The van der Waals surface area contributed by atoms with Gasteiger partial charge in [0, 0.05) is 97.7 Å². The second-order valence-electron chi connectivity index (χ2n) is 20.9. The molecule has 0 aliphatic carbocycles. The van der Waals surface area contributed by atoms with Crippen LogP contribution in [0.2, 0.25) is 0 Å². The van der Waals surface area contributed by atoms with E-state index in [9.17, 15) is 14.4 Å². The van der Waals surface area contributed by atoms with Crippen LogP contribution in [0.5, 0.6) is 0 Å². The molecule has 18 nitrogen and oxygen atoms in total. The number of halogens is 2. The fourth-order valence-electron chi connectivity index (χ4n) is 9.33. The molecule has 21 heteroatoms. The second-order valence-corrected chi connectivity index (χ2v) is 22.7. The highest BCUT2D eigenvalue weighted by molar-refractivity contribution is 9.10. The number of pyridine rings is 2. The SMILES string of the molecule is CC(C)(C)OC(=O)N1CC=C(c2[nH]nc3ncc4c(c23)CCN(C(=O)Nc2ccccc2)C4)CC1.CC1(C)OB(C2=CCN(Br)CC2)OC1(C)C.O=C(Nc1ccccc1)N1CCc2c(cnc3n[nH]c(Br)c23)C1. The summed E-state index contributed by atoms with van der Waals surface area (Å²) in [5, 5.41) is 22.6. The molecule has 9 heterocycles. The number of benzene rings is 2. The Hall–Kier alpha value is -6.13. The van der Waals surface area contributed by atoms with E-state index in [1.54, 1.807) is 14.7 Å². The van der Waals surface area contributed by atoms with E-state index in [0.717, 1.165) is 81.5 Å². The van der Waals surface area contributed by atoms with Crippen LogP contribution in [0.1, 0.15) is 89.3 Å². The van der Waals surface area contributed by atoms with Gasteiger partial charge in [-0.3, -0.25) is 10.2 Å². The number of rotatable bonds is 4. The minimum absolute atomic E-state index is 0.0896. The van der Waals surface area contributed by atoms with Crippen molar-refractivity contribution in [3.63, 3.8) is 0 Å².